The topological polar surface area (TPSA) is 73.8 Å². The molecule has 138 valence electrons. The molecule has 8 heteroatoms. The van der Waals surface area contributed by atoms with E-state index in [1.54, 1.807) is 24.6 Å². The van der Waals surface area contributed by atoms with Gasteiger partial charge < -0.3 is 4.90 Å². The van der Waals surface area contributed by atoms with Gasteiger partial charge in [0.15, 0.2) is 0 Å². The maximum atomic E-state index is 12.5. The van der Waals surface area contributed by atoms with Crippen LogP contribution >= 0.6 is 0 Å². The summed E-state index contributed by atoms with van der Waals surface area (Å²) in [5.41, 5.74) is 0.714. The first-order valence-electron chi connectivity index (χ1n) is 8.68. The van der Waals surface area contributed by atoms with Crippen molar-refractivity contribution in [1.29, 1.82) is 0 Å². The maximum absolute atomic E-state index is 12.5. The summed E-state index contributed by atoms with van der Waals surface area (Å²) in [7, 11) is -0.287. The van der Waals surface area contributed by atoms with Crippen LogP contribution in [-0.2, 0) is 21.5 Å². The minimum absolute atomic E-state index is 0.129. The lowest BCUT2D eigenvalue weighted by molar-refractivity contribution is -0.139. The fourth-order valence-corrected chi connectivity index (χ4v) is 5.12. The molecule has 0 N–H and O–H groups in total. The molecule has 25 heavy (non-hydrogen) atoms. The van der Waals surface area contributed by atoms with Crippen molar-refractivity contribution >= 4 is 16.1 Å². The second-order valence-electron chi connectivity index (χ2n) is 7.30. The summed E-state index contributed by atoms with van der Waals surface area (Å²) in [6, 6.07) is 5.69. The van der Waals surface area contributed by atoms with Gasteiger partial charge in [-0.05, 0) is 31.4 Å². The van der Waals surface area contributed by atoms with Gasteiger partial charge in [-0.3, -0.25) is 9.78 Å². The molecule has 2 saturated heterocycles. The van der Waals surface area contributed by atoms with Gasteiger partial charge in [0.05, 0.1) is 12.2 Å². The summed E-state index contributed by atoms with van der Waals surface area (Å²) >= 11 is 0. The van der Waals surface area contributed by atoms with Gasteiger partial charge in [0.1, 0.15) is 0 Å². The van der Waals surface area contributed by atoms with E-state index in [2.05, 4.69) is 4.98 Å². The summed E-state index contributed by atoms with van der Waals surface area (Å²) in [6.07, 6.45) is 4.75. The SMILES string of the molecule is CN(C)S(=O)(=O)N1CCC[C@@]2(CCC(=O)N(Cc3ccccn3)C2)C1. The standard InChI is InChI=1S/C17H26N4O3S/c1-19(2)25(23,24)21-11-5-8-17(14-21)9-7-16(22)20(13-17)12-15-6-3-4-10-18-15/h3-4,6,10H,5,7-9,11-14H2,1-2H3/t17-/m0/s1. The Bertz CT molecular complexity index is 723. The van der Waals surface area contributed by atoms with E-state index in [0.717, 1.165) is 25.0 Å². The summed E-state index contributed by atoms with van der Waals surface area (Å²) in [4.78, 5) is 18.5. The highest BCUT2D eigenvalue weighted by Crippen LogP contribution is 2.40. The minimum atomic E-state index is -3.41. The number of hydrogen-bond donors (Lipinski definition) is 0. The lowest BCUT2D eigenvalue weighted by atomic mass is 9.74. The Morgan fingerprint density at radius 3 is 2.72 bits per heavy atom. The molecule has 1 amide bonds. The fraction of sp³-hybridized carbons (Fsp3) is 0.647. The predicted molar refractivity (Wildman–Crippen MR) is 94.7 cm³/mol. The van der Waals surface area contributed by atoms with Crippen LogP contribution in [0.2, 0.25) is 0 Å². The molecule has 1 aromatic rings. The molecule has 2 aliphatic heterocycles. The highest BCUT2D eigenvalue weighted by atomic mass is 32.2. The van der Waals surface area contributed by atoms with E-state index in [-0.39, 0.29) is 11.3 Å². The van der Waals surface area contributed by atoms with Crippen molar-refractivity contribution in [3.63, 3.8) is 0 Å². The number of aromatic nitrogens is 1. The summed E-state index contributed by atoms with van der Waals surface area (Å²) in [6.45, 7) is 2.12. The quantitative estimate of drug-likeness (QED) is 0.800. The zero-order valence-electron chi connectivity index (χ0n) is 14.9. The Morgan fingerprint density at radius 1 is 1.24 bits per heavy atom. The van der Waals surface area contributed by atoms with Crippen LogP contribution in [0.15, 0.2) is 24.4 Å². The van der Waals surface area contributed by atoms with Crippen LogP contribution in [0.5, 0.6) is 0 Å². The zero-order chi connectivity index (χ0) is 18.1. The number of nitrogens with zero attached hydrogens (tertiary/aromatic N) is 4. The highest BCUT2D eigenvalue weighted by molar-refractivity contribution is 7.86. The van der Waals surface area contributed by atoms with Gasteiger partial charge in [-0.15, -0.1) is 0 Å². The molecule has 0 saturated carbocycles. The number of likely N-dealkylation sites (tertiary alicyclic amines) is 1. The summed E-state index contributed by atoms with van der Waals surface area (Å²) in [5, 5.41) is 0. The van der Waals surface area contributed by atoms with Crippen LogP contribution < -0.4 is 0 Å². The van der Waals surface area contributed by atoms with Crippen LogP contribution in [0.3, 0.4) is 0 Å². The molecule has 0 radical (unpaired) electrons. The Balaban J connectivity index is 1.76. The molecular formula is C17H26N4O3S. The third-order valence-electron chi connectivity index (χ3n) is 5.24. The Labute approximate surface area is 149 Å². The van der Waals surface area contributed by atoms with Crippen molar-refractivity contribution in [2.45, 2.75) is 32.2 Å². The maximum Gasteiger partial charge on any atom is 0.281 e. The first-order valence-corrected chi connectivity index (χ1v) is 10.1. The number of carbonyl (C=O) groups is 1. The molecule has 3 rings (SSSR count). The van der Waals surface area contributed by atoms with E-state index in [1.807, 2.05) is 23.1 Å². The number of piperidine rings is 2. The van der Waals surface area contributed by atoms with Crippen molar-refractivity contribution in [3.8, 4) is 0 Å². The van der Waals surface area contributed by atoms with E-state index in [1.165, 1.54) is 4.31 Å². The van der Waals surface area contributed by atoms with Gasteiger partial charge in [-0.2, -0.15) is 17.0 Å². The normalized spacial score (nSPS) is 25.7. The van der Waals surface area contributed by atoms with Crippen LogP contribution in [0.25, 0.3) is 0 Å². The first-order chi connectivity index (χ1) is 11.8. The van der Waals surface area contributed by atoms with Gasteiger partial charge in [0.2, 0.25) is 5.91 Å². The largest absolute Gasteiger partial charge is 0.336 e. The molecule has 0 aliphatic carbocycles. The van der Waals surface area contributed by atoms with Gasteiger partial charge in [-0.1, -0.05) is 6.07 Å². The predicted octanol–water partition coefficient (Wildman–Crippen LogP) is 1.09. The van der Waals surface area contributed by atoms with Crippen LogP contribution in [0, 0.1) is 5.41 Å². The molecule has 7 nitrogen and oxygen atoms in total. The third-order valence-corrected chi connectivity index (χ3v) is 7.13. The number of pyridine rings is 1. The van der Waals surface area contributed by atoms with Crippen LogP contribution in [0.4, 0.5) is 0 Å². The molecule has 0 bridgehead atoms. The number of rotatable bonds is 4. The lowest BCUT2D eigenvalue weighted by Crippen LogP contribution is -2.56. The van der Waals surface area contributed by atoms with Crippen molar-refractivity contribution < 1.29 is 13.2 Å². The molecule has 1 aromatic heterocycles. The van der Waals surface area contributed by atoms with Gasteiger partial charge in [0.25, 0.3) is 10.2 Å². The zero-order valence-corrected chi connectivity index (χ0v) is 15.7. The molecule has 2 fully saturated rings. The van der Waals surface area contributed by atoms with Gasteiger partial charge in [0, 0.05) is 51.8 Å². The van der Waals surface area contributed by atoms with E-state index >= 15 is 0 Å². The summed E-state index contributed by atoms with van der Waals surface area (Å²) < 4.78 is 27.9. The lowest BCUT2D eigenvalue weighted by Gasteiger charge is -2.48. The van der Waals surface area contributed by atoms with E-state index in [9.17, 15) is 13.2 Å². The van der Waals surface area contributed by atoms with Crippen molar-refractivity contribution in [3.05, 3.63) is 30.1 Å². The van der Waals surface area contributed by atoms with E-state index in [4.69, 9.17) is 0 Å². The number of hydrogen-bond acceptors (Lipinski definition) is 4. The molecule has 0 unspecified atom stereocenters. The van der Waals surface area contributed by atoms with Gasteiger partial charge in [-0.25, -0.2) is 0 Å². The smallest absolute Gasteiger partial charge is 0.281 e. The minimum Gasteiger partial charge on any atom is -0.336 e. The van der Waals surface area contributed by atoms with E-state index < -0.39 is 10.2 Å². The number of amides is 1. The van der Waals surface area contributed by atoms with Crippen molar-refractivity contribution in [2.24, 2.45) is 5.41 Å². The average molecular weight is 366 g/mol. The molecular weight excluding hydrogens is 340 g/mol. The molecule has 2 aliphatic rings. The van der Waals surface area contributed by atoms with Crippen molar-refractivity contribution in [2.75, 3.05) is 33.7 Å². The average Bonchev–Trinajstić information content (AvgIpc) is 2.59. The monoisotopic (exact) mass is 366 g/mol. The summed E-state index contributed by atoms with van der Waals surface area (Å²) in [5.74, 6) is 0.129. The Morgan fingerprint density at radius 2 is 2.04 bits per heavy atom. The fourth-order valence-electron chi connectivity index (χ4n) is 3.86. The van der Waals surface area contributed by atoms with E-state index in [0.29, 0.717) is 32.6 Å². The second-order valence-corrected chi connectivity index (χ2v) is 9.44. The Hall–Kier alpha value is -1.51. The third kappa shape index (κ3) is 3.86. The second kappa shape index (κ2) is 7.01. The van der Waals surface area contributed by atoms with Crippen molar-refractivity contribution in [1.82, 2.24) is 18.5 Å². The Kier molecular flexibility index (Phi) is 5.13. The number of carbonyl (C=O) groups excluding carboxylic acids is 1. The molecule has 1 spiro atoms. The molecule has 1 atom stereocenters. The molecule has 0 aromatic carbocycles. The molecule has 3 heterocycles. The van der Waals surface area contributed by atoms with Crippen LogP contribution in [-0.4, -0.2) is 66.5 Å². The first kappa shape index (κ1) is 18.3. The van der Waals surface area contributed by atoms with Crippen LogP contribution in [0.1, 0.15) is 31.4 Å². The van der Waals surface area contributed by atoms with Gasteiger partial charge >= 0.3 is 0 Å². The highest BCUT2D eigenvalue weighted by Gasteiger charge is 2.44.